The summed E-state index contributed by atoms with van der Waals surface area (Å²) in [4.78, 5) is 10.9. The molecule has 0 unspecified atom stereocenters. The van der Waals surface area contributed by atoms with E-state index in [1.165, 1.54) is 6.07 Å². The summed E-state index contributed by atoms with van der Waals surface area (Å²) in [6.45, 7) is 1.04. The first-order valence-electron chi connectivity index (χ1n) is 6.42. The quantitative estimate of drug-likeness (QED) is 0.913. The lowest BCUT2D eigenvalue weighted by atomic mass is 9.91. The molecule has 102 valence electrons. The zero-order chi connectivity index (χ0) is 13.5. The Morgan fingerprint density at radius 2 is 1.89 bits per heavy atom. The molecule has 0 saturated heterocycles. The van der Waals surface area contributed by atoms with Crippen molar-refractivity contribution in [3.05, 3.63) is 23.5 Å². The molecule has 0 aromatic heterocycles. The van der Waals surface area contributed by atoms with Crippen LogP contribution in [0.4, 0.5) is 4.39 Å². The highest BCUT2D eigenvalue weighted by molar-refractivity contribution is 5.70. The Morgan fingerprint density at radius 1 is 1.26 bits per heavy atom. The normalized spacial score (nSPS) is 19.6. The van der Waals surface area contributed by atoms with Gasteiger partial charge in [0.2, 0.25) is 0 Å². The second kappa shape index (κ2) is 4.40. The van der Waals surface area contributed by atoms with E-state index in [0.717, 1.165) is 6.42 Å². The van der Waals surface area contributed by atoms with Gasteiger partial charge < -0.3 is 14.6 Å². The standard InChI is InChI=1S/C14H15FO4/c15-10-7-12-11(18-4-1-5-19-12)6-9(10)14(2-3-14)8-13(16)17/h6-7H,1-5,8H2,(H,16,17). The number of carboxylic acid groups (broad SMARTS) is 1. The van der Waals surface area contributed by atoms with E-state index in [4.69, 9.17) is 14.6 Å². The SMILES string of the molecule is O=C(O)CC1(c2cc3c(cc2F)OCCCO3)CC1. The van der Waals surface area contributed by atoms with Crippen LogP contribution in [0.1, 0.15) is 31.2 Å². The molecule has 0 spiro atoms. The van der Waals surface area contributed by atoms with Crippen molar-refractivity contribution in [3.8, 4) is 11.5 Å². The molecule has 3 rings (SSSR count). The summed E-state index contributed by atoms with van der Waals surface area (Å²) in [7, 11) is 0. The number of rotatable bonds is 3. The maximum absolute atomic E-state index is 14.2. The molecule has 0 radical (unpaired) electrons. The second-order valence-electron chi connectivity index (χ2n) is 5.18. The van der Waals surface area contributed by atoms with E-state index >= 15 is 0 Å². The van der Waals surface area contributed by atoms with Crippen LogP contribution < -0.4 is 9.47 Å². The first-order valence-corrected chi connectivity index (χ1v) is 6.42. The Hall–Kier alpha value is -1.78. The average Bonchev–Trinajstić information content (AvgIpc) is 3.12. The van der Waals surface area contributed by atoms with Gasteiger partial charge in [0.05, 0.1) is 19.6 Å². The molecule has 0 amide bonds. The Labute approximate surface area is 110 Å². The van der Waals surface area contributed by atoms with Crippen LogP contribution in [0, 0.1) is 5.82 Å². The first-order chi connectivity index (χ1) is 9.11. The van der Waals surface area contributed by atoms with Crippen LogP contribution in [0.15, 0.2) is 12.1 Å². The Bertz CT molecular complexity index is 522. The van der Waals surface area contributed by atoms with Crippen molar-refractivity contribution >= 4 is 5.97 Å². The molecular weight excluding hydrogens is 251 g/mol. The lowest BCUT2D eigenvalue weighted by molar-refractivity contribution is -0.137. The molecule has 1 fully saturated rings. The van der Waals surface area contributed by atoms with E-state index in [1.54, 1.807) is 6.07 Å². The smallest absolute Gasteiger partial charge is 0.304 e. The summed E-state index contributed by atoms with van der Waals surface area (Å²) in [5, 5.41) is 8.95. The molecule has 1 saturated carbocycles. The Balaban J connectivity index is 1.98. The van der Waals surface area contributed by atoms with Gasteiger partial charge in [-0.05, 0) is 24.5 Å². The van der Waals surface area contributed by atoms with E-state index in [-0.39, 0.29) is 6.42 Å². The van der Waals surface area contributed by atoms with Crippen molar-refractivity contribution in [2.24, 2.45) is 0 Å². The minimum absolute atomic E-state index is 0.0381. The van der Waals surface area contributed by atoms with Crippen LogP contribution in [0.3, 0.4) is 0 Å². The second-order valence-corrected chi connectivity index (χ2v) is 5.18. The minimum Gasteiger partial charge on any atom is -0.490 e. The van der Waals surface area contributed by atoms with Gasteiger partial charge in [0.15, 0.2) is 11.5 Å². The van der Waals surface area contributed by atoms with Gasteiger partial charge >= 0.3 is 5.97 Å². The lowest BCUT2D eigenvalue weighted by Crippen LogP contribution is -2.15. The Kier molecular flexibility index (Phi) is 2.84. The fraction of sp³-hybridized carbons (Fsp3) is 0.500. The van der Waals surface area contributed by atoms with Gasteiger partial charge in [0.1, 0.15) is 5.82 Å². The number of hydrogen-bond acceptors (Lipinski definition) is 3. The zero-order valence-electron chi connectivity index (χ0n) is 10.4. The number of halogens is 1. The van der Waals surface area contributed by atoms with E-state index in [2.05, 4.69) is 0 Å². The van der Waals surface area contributed by atoms with Gasteiger partial charge in [-0.1, -0.05) is 0 Å². The summed E-state index contributed by atoms with van der Waals surface area (Å²) in [6.07, 6.45) is 2.13. The molecule has 1 N–H and O–H groups in total. The zero-order valence-corrected chi connectivity index (χ0v) is 10.4. The fourth-order valence-electron chi connectivity index (χ4n) is 2.57. The molecule has 0 atom stereocenters. The van der Waals surface area contributed by atoms with Gasteiger partial charge in [-0.3, -0.25) is 4.79 Å². The number of ether oxygens (including phenoxy) is 2. The molecule has 1 aliphatic heterocycles. The minimum atomic E-state index is -0.899. The third kappa shape index (κ3) is 2.25. The largest absolute Gasteiger partial charge is 0.490 e. The number of hydrogen-bond donors (Lipinski definition) is 1. The van der Waals surface area contributed by atoms with E-state index in [9.17, 15) is 9.18 Å². The summed E-state index contributed by atoms with van der Waals surface area (Å²) in [5.74, 6) is -0.373. The predicted molar refractivity (Wildman–Crippen MR) is 65.2 cm³/mol. The number of fused-ring (bicyclic) bond motifs is 1. The van der Waals surface area contributed by atoms with Gasteiger partial charge in [-0.25, -0.2) is 4.39 Å². The third-order valence-corrected chi connectivity index (χ3v) is 3.75. The summed E-state index contributed by atoms with van der Waals surface area (Å²) in [5.41, 5.74) is -0.111. The molecule has 1 aliphatic carbocycles. The molecular formula is C14H15FO4. The number of benzene rings is 1. The van der Waals surface area contributed by atoms with Crippen molar-refractivity contribution in [1.29, 1.82) is 0 Å². The van der Waals surface area contributed by atoms with Gasteiger partial charge in [0.25, 0.3) is 0 Å². The highest BCUT2D eigenvalue weighted by Crippen LogP contribution is 2.53. The average molecular weight is 266 g/mol. The van der Waals surface area contributed by atoms with Gasteiger partial charge in [-0.15, -0.1) is 0 Å². The summed E-state index contributed by atoms with van der Waals surface area (Å²) in [6, 6.07) is 2.93. The lowest BCUT2D eigenvalue weighted by Gasteiger charge is -2.17. The number of aliphatic carboxylic acids is 1. The molecule has 2 aliphatic rings. The monoisotopic (exact) mass is 266 g/mol. The van der Waals surface area contributed by atoms with Gasteiger partial charge in [-0.2, -0.15) is 0 Å². The van der Waals surface area contributed by atoms with Crippen molar-refractivity contribution in [3.63, 3.8) is 0 Å². The predicted octanol–water partition coefficient (Wildman–Crippen LogP) is 2.49. The first kappa shape index (κ1) is 12.3. The maximum Gasteiger partial charge on any atom is 0.304 e. The highest BCUT2D eigenvalue weighted by Gasteiger charge is 2.48. The fourth-order valence-corrected chi connectivity index (χ4v) is 2.57. The van der Waals surface area contributed by atoms with E-state index in [1.807, 2.05) is 0 Å². The molecule has 1 aromatic carbocycles. The molecule has 5 heteroatoms. The third-order valence-electron chi connectivity index (χ3n) is 3.75. The van der Waals surface area contributed by atoms with Crippen molar-refractivity contribution in [1.82, 2.24) is 0 Å². The summed E-state index contributed by atoms with van der Waals surface area (Å²) < 4.78 is 25.1. The van der Waals surface area contributed by atoms with E-state index in [0.29, 0.717) is 43.1 Å². The molecule has 1 heterocycles. The van der Waals surface area contributed by atoms with Crippen molar-refractivity contribution in [2.75, 3.05) is 13.2 Å². The van der Waals surface area contributed by atoms with Crippen molar-refractivity contribution < 1.29 is 23.8 Å². The van der Waals surface area contributed by atoms with Gasteiger partial charge in [0, 0.05) is 17.9 Å². The number of carboxylic acids is 1. The molecule has 19 heavy (non-hydrogen) atoms. The molecule has 1 aromatic rings. The van der Waals surface area contributed by atoms with Crippen LogP contribution in [0.5, 0.6) is 11.5 Å². The summed E-state index contributed by atoms with van der Waals surface area (Å²) >= 11 is 0. The van der Waals surface area contributed by atoms with Crippen LogP contribution in [-0.2, 0) is 10.2 Å². The van der Waals surface area contributed by atoms with Crippen LogP contribution >= 0.6 is 0 Å². The topological polar surface area (TPSA) is 55.8 Å². The van der Waals surface area contributed by atoms with E-state index < -0.39 is 17.2 Å². The van der Waals surface area contributed by atoms with Crippen LogP contribution in [-0.4, -0.2) is 24.3 Å². The van der Waals surface area contributed by atoms with Crippen LogP contribution in [0.2, 0.25) is 0 Å². The Morgan fingerprint density at radius 3 is 2.47 bits per heavy atom. The maximum atomic E-state index is 14.2. The molecule has 0 bridgehead atoms. The van der Waals surface area contributed by atoms with Crippen LogP contribution in [0.25, 0.3) is 0 Å². The molecule has 4 nitrogen and oxygen atoms in total. The number of carbonyl (C=O) groups is 1. The highest BCUT2D eigenvalue weighted by atomic mass is 19.1. The van der Waals surface area contributed by atoms with Crippen molar-refractivity contribution in [2.45, 2.75) is 31.1 Å².